The molecule has 7 heteroatoms. The SMILES string of the molecule is CCNCc1ccccc1NC(=O)COc1cccc(N2CCCC2=O)c1.Cl. The number of anilines is 2. The molecular formula is C21H26ClN3O3. The minimum Gasteiger partial charge on any atom is -0.484 e. The van der Waals surface area contributed by atoms with Crippen LogP contribution in [0.3, 0.4) is 0 Å². The molecule has 2 aromatic carbocycles. The molecule has 0 aromatic heterocycles. The minimum absolute atomic E-state index is 0. The summed E-state index contributed by atoms with van der Waals surface area (Å²) in [5.74, 6) is 0.479. The lowest BCUT2D eigenvalue weighted by atomic mass is 10.1. The van der Waals surface area contributed by atoms with Gasteiger partial charge in [0, 0.05) is 37.0 Å². The molecule has 1 saturated heterocycles. The van der Waals surface area contributed by atoms with E-state index in [1.54, 1.807) is 17.0 Å². The molecule has 28 heavy (non-hydrogen) atoms. The van der Waals surface area contributed by atoms with E-state index in [1.807, 2.05) is 43.3 Å². The van der Waals surface area contributed by atoms with Gasteiger partial charge in [-0.25, -0.2) is 0 Å². The maximum absolute atomic E-state index is 12.3. The molecule has 1 heterocycles. The minimum atomic E-state index is -0.221. The molecule has 0 unspecified atom stereocenters. The average Bonchev–Trinajstić information content (AvgIpc) is 3.12. The monoisotopic (exact) mass is 403 g/mol. The summed E-state index contributed by atoms with van der Waals surface area (Å²) in [6.07, 6.45) is 1.46. The van der Waals surface area contributed by atoms with Crippen LogP contribution in [0.4, 0.5) is 11.4 Å². The lowest BCUT2D eigenvalue weighted by Gasteiger charge is -2.17. The topological polar surface area (TPSA) is 70.7 Å². The Hall–Kier alpha value is -2.57. The number of rotatable bonds is 8. The standard InChI is InChI=1S/C21H25N3O3.ClH/c1-2-22-14-16-7-3-4-10-19(16)23-20(25)15-27-18-9-5-8-17(13-18)24-12-6-11-21(24)26;/h3-5,7-10,13,22H,2,6,11-12,14-15H2,1H3,(H,23,25);1H. The highest BCUT2D eigenvalue weighted by molar-refractivity contribution is 5.95. The number of para-hydroxylation sites is 1. The van der Waals surface area contributed by atoms with Crippen LogP contribution >= 0.6 is 12.4 Å². The van der Waals surface area contributed by atoms with Crippen LogP contribution in [-0.2, 0) is 16.1 Å². The highest BCUT2D eigenvalue weighted by Gasteiger charge is 2.21. The van der Waals surface area contributed by atoms with E-state index >= 15 is 0 Å². The summed E-state index contributed by atoms with van der Waals surface area (Å²) in [7, 11) is 0. The fourth-order valence-electron chi connectivity index (χ4n) is 3.05. The summed E-state index contributed by atoms with van der Waals surface area (Å²) in [5.41, 5.74) is 2.62. The zero-order chi connectivity index (χ0) is 19.1. The van der Waals surface area contributed by atoms with E-state index in [4.69, 9.17) is 4.74 Å². The molecule has 3 rings (SSSR count). The van der Waals surface area contributed by atoms with Crippen LogP contribution < -0.4 is 20.3 Å². The summed E-state index contributed by atoms with van der Waals surface area (Å²) in [6.45, 7) is 4.23. The van der Waals surface area contributed by atoms with Crippen molar-refractivity contribution < 1.29 is 14.3 Å². The fourth-order valence-corrected chi connectivity index (χ4v) is 3.05. The summed E-state index contributed by atoms with van der Waals surface area (Å²) >= 11 is 0. The number of carbonyl (C=O) groups is 2. The number of hydrogen-bond acceptors (Lipinski definition) is 4. The van der Waals surface area contributed by atoms with Gasteiger partial charge in [-0.15, -0.1) is 12.4 Å². The first-order valence-corrected chi connectivity index (χ1v) is 9.29. The second-order valence-electron chi connectivity index (χ2n) is 6.42. The third-order valence-electron chi connectivity index (χ3n) is 4.43. The number of nitrogens with zero attached hydrogens (tertiary/aromatic N) is 1. The number of nitrogens with one attached hydrogen (secondary N) is 2. The van der Waals surface area contributed by atoms with Crippen LogP contribution in [0.1, 0.15) is 25.3 Å². The lowest BCUT2D eigenvalue weighted by Crippen LogP contribution is -2.24. The molecule has 2 N–H and O–H groups in total. The van der Waals surface area contributed by atoms with Crippen molar-refractivity contribution in [2.24, 2.45) is 0 Å². The number of ether oxygens (including phenoxy) is 1. The molecule has 0 saturated carbocycles. The van der Waals surface area contributed by atoms with Crippen LogP contribution in [0.2, 0.25) is 0 Å². The van der Waals surface area contributed by atoms with E-state index in [-0.39, 0.29) is 30.8 Å². The molecule has 0 spiro atoms. The molecule has 2 aromatic rings. The molecule has 1 fully saturated rings. The molecule has 1 aliphatic rings. The third-order valence-corrected chi connectivity index (χ3v) is 4.43. The van der Waals surface area contributed by atoms with E-state index in [0.717, 1.165) is 36.4 Å². The van der Waals surface area contributed by atoms with Gasteiger partial charge < -0.3 is 20.3 Å². The maximum Gasteiger partial charge on any atom is 0.262 e. The zero-order valence-corrected chi connectivity index (χ0v) is 16.8. The normalized spacial score (nSPS) is 13.2. The van der Waals surface area contributed by atoms with Crippen LogP contribution in [-0.4, -0.2) is 31.5 Å². The van der Waals surface area contributed by atoms with E-state index in [9.17, 15) is 9.59 Å². The van der Waals surface area contributed by atoms with Crippen molar-refractivity contribution in [1.29, 1.82) is 0 Å². The van der Waals surface area contributed by atoms with Crippen molar-refractivity contribution in [1.82, 2.24) is 5.32 Å². The van der Waals surface area contributed by atoms with E-state index in [2.05, 4.69) is 10.6 Å². The van der Waals surface area contributed by atoms with E-state index in [0.29, 0.717) is 18.7 Å². The van der Waals surface area contributed by atoms with Gasteiger partial charge in [-0.2, -0.15) is 0 Å². The van der Waals surface area contributed by atoms with Crippen LogP contribution in [0, 0.1) is 0 Å². The predicted octanol–water partition coefficient (Wildman–Crippen LogP) is 3.36. The lowest BCUT2D eigenvalue weighted by molar-refractivity contribution is -0.118. The van der Waals surface area contributed by atoms with Gasteiger partial charge in [0.15, 0.2) is 6.61 Å². The van der Waals surface area contributed by atoms with Crippen molar-refractivity contribution in [3.8, 4) is 5.75 Å². The Balaban J connectivity index is 0.00000280. The molecule has 0 radical (unpaired) electrons. The van der Waals surface area contributed by atoms with Crippen molar-refractivity contribution in [2.75, 3.05) is 29.9 Å². The van der Waals surface area contributed by atoms with Gasteiger partial charge in [-0.1, -0.05) is 31.2 Å². The van der Waals surface area contributed by atoms with Crippen molar-refractivity contribution in [2.45, 2.75) is 26.3 Å². The Morgan fingerprint density at radius 1 is 1.18 bits per heavy atom. The van der Waals surface area contributed by atoms with Gasteiger partial charge in [-0.3, -0.25) is 9.59 Å². The van der Waals surface area contributed by atoms with Gasteiger partial charge in [0.25, 0.3) is 5.91 Å². The largest absolute Gasteiger partial charge is 0.484 e. The number of benzene rings is 2. The van der Waals surface area contributed by atoms with E-state index < -0.39 is 0 Å². The second-order valence-corrected chi connectivity index (χ2v) is 6.42. The summed E-state index contributed by atoms with van der Waals surface area (Å²) in [5, 5.41) is 6.16. The smallest absolute Gasteiger partial charge is 0.262 e. The number of carbonyl (C=O) groups excluding carboxylic acids is 2. The first kappa shape index (κ1) is 21.7. The highest BCUT2D eigenvalue weighted by atomic mass is 35.5. The predicted molar refractivity (Wildman–Crippen MR) is 113 cm³/mol. The number of halogens is 1. The molecule has 2 amide bonds. The van der Waals surface area contributed by atoms with Crippen LogP contribution in [0.25, 0.3) is 0 Å². The van der Waals surface area contributed by atoms with Crippen LogP contribution in [0.15, 0.2) is 48.5 Å². The van der Waals surface area contributed by atoms with Crippen LogP contribution in [0.5, 0.6) is 5.75 Å². The molecule has 0 aliphatic carbocycles. The summed E-state index contributed by atoms with van der Waals surface area (Å²) < 4.78 is 5.63. The summed E-state index contributed by atoms with van der Waals surface area (Å²) in [4.78, 5) is 25.9. The highest BCUT2D eigenvalue weighted by Crippen LogP contribution is 2.25. The average molecular weight is 404 g/mol. The second kappa shape index (κ2) is 10.7. The van der Waals surface area contributed by atoms with Crippen molar-refractivity contribution in [3.05, 3.63) is 54.1 Å². The van der Waals surface area contributed by atoms with Gasteiger partial charge in [-0.05, 0) is 36.7 Å². The van der Waals surface area contributed by atoms with Gasteiger partial charge in [0.2, 0.25) is 5.91 Å². The van der Waals surface area contributed by atoms with Gasteiger partial charge in [0.05, 0.1) is 0 Å². The number of amides is 2. The molecule has 6 nitrogen and oxygen atoms in total. The first-order chi connectivity index (χ1) is 13.2. The molecular weight excluding hydrogens is 378 g/mol. The number of hydrogen-bond donors (Lipinski definition) is 2. The zero-order valence-electron chi connectivity index (χ0n) is 15.9. The van der Waals surface area contributed by atoms with Crippen molar-refractivity contribution >= 4 is 35.6 Å². The van der Waals surface area contributed by atoms with E-state index in [1.165, 1.54) is 0 Å². The van der Waals surface area contributed by atoms with Gasteiger partial charge >= 0.3 is 0 Å². The van der Waals surface area contributed by atoms with Crippen molar-refractivity contribution in [3.63, 3.8) is 0 Å². The molecule has 150 valence electrons. The summed E-state index contributed by atoms with van der Waals surface area (Å²) in [6, 6.07) is 15.0. The fraction of sp³-hybridized carbons (Fsp3) is 0.333. The Morgan fingerprint density at radius 3 is 2.75 bits per heavy atom. The Morgan fingerprint density at radius 2 is 2.00 bits per heavy atom. The molecule has 0 bridgehead atoms. The maximum atomic E-state index is 12.3. The van der Waals surface area contributed by atoms with Gasteiger partial charge in [0.1, 0.15) is 5.75 Å². The Labute approximate surface area is 171 Å². The quantitative estimate of drug-likeness (QED) is 0.709. The molecule has 0 atom stereocenters. The Bertz CT molecular complexity index is 813. The Kier molecular flexibility index (Phi) is 8.29. The third kappa shape index (κ3) is 5.71. The first-order valence-electron chi connectivity index (χ1n) is 9.29. The molecule has 1 aliphatic heterocycles.